The second-order valence-corrected chi connectivity index (χ2v) is 7.59. The fraction of sp³-hybridized carbons (Fsp3) is 0.136. The summed E-state index contributed by atoms with van der Waals surface area (Å²) in [6, 6.07) is 17.3. The Hall–Kier alpha value is -3.92. The molecule has 2 aromatic heterocycles. The molecule has 0 saturated heterocycles. The fourth-order valence-corrected chi connectivity index (χ4v) is 3.81. The van der Waals surface area contributed by atoms with Crippen LogP contribution in [-0.2, 0) is 12.3 Å². The molecule has 4 rings (SSSR count). The van der Waals surface area contributed by atoms with Crippen LogP contribution in [0, 0.1) is 0 Å². The first kappa shape index (κ1) is 21.3. The van der Waals surface area contributed by atoms with Gasteiger partial charge in [-0.1, -0.05) is 48.2 Å². The number of para-hydroxylation sites is 1. The molecule has 2 aromatic carbocycles. The molecule has 0 unspecified atom stereocenters. The second-order valence-electron chi connectivity index (χ2n) is 6.65. The Kier molecular flexibility index (Phi) is 6.61. The van der Waals surface area contributed by atoms with Crippen molar-refractivity contribution in [2.24, 2.45) is 0 Å². The number of hydrogen-bond acceptors (Lipinski definition) is 9. The molecule has 0 fully saturated rings. The predicted molar refractivity (Wildman–Crippen MR) is 126 cm³/mol. The number of benzene rings is 2. The van der Waals surface area contributed by atoms with Crippen molar-refractivity contribution in [2.75, 3.05) is 18.2 Å². The Labute approximate surface area is 189 Å². The number of hydrogen-bond donors (Lipinski definition) is 2. The average Bonchev–Trinajstić information content (AvgIpc) is 3.21. The van der Waals surface area contributed by atoms with Gasteiger partial charge in [0.05, 0.1) is 12.9 Å². The lowest BCUT2D eigenvalue weighted by molar-refractivity contribution is 0.415. The van der Waals surface area contributed by atoms with E-state index >= 15 is 0 Å². The largest absolute Gasteiger partial charge is 0.497 e. The van der Waals surface area contributed by atoms with Gasteiger partial charge in [0.25, 0.3) is 0 Å². The van der Waals surface area contributed by atoms with Crippen LogP contribution >= 0.6 is 11.8 Å². The van der Waals surface area contributed by atoms with Gasteiger partial charge in [-0.05, 0) is 24.3 Å². The third-order valence-electron chi connectivity index (χ3n) is 4.42. The summed E-state index contributed by atoms with van der Waals surface area (Å²) in [6.07, 6.45) is 1.81. The number of nitrogen functional groups attached to an aromatic ring is 1. The summed E-state index contributed by atoms with van der Waals surface area (Å²) in [5.74, 6) is 3.01. The number of nitrogens with two attached hydrogens (primary N) is 1. The Morgan fingerprint density at radius 2 is 1.94 bits per heavy atom. The van der Waals surface area contributed by atoms with Crippen LogP contribution in [-0.4, -0.2) is 36.8 Å². The topological polar surface area (TPSA) is 117 Å². The minimum Gasteiger partial charge on any atom is -0.497 e. The maximum absolute atomic E-state index is 5.90. The molecule has 0 amide bonds. The molecular weight excluding hydrogens is 424 g/mol. The van der Waals surface area contributed by atoms with Crippen LogP contribution in [0.2, 0.25) is 0 Å². The van der Waals surface area contributed by atoms with Crippen molar-refractivity contribution in [2.45, 2.75) is 17.5 Å². The summed E-state index contributed by atoms with van der Waals surface area (Å²) in [4.78, 5) is 12.9. The number of aromatic nitrogens is 6. The standard InChI is InChI=1S/C22H22N8OS/c1-3-12-30-19(15-8-7-11-17(13-15)31-2)28-29-22(30)32-14-18-25-20(23)27-21(26-18)24-16-9-5-4-6-10-16/h3-11,13H,1,12,14H2,2H3,(H3,23,24,25,26,27). The van der Waals surface area contributed by atoms with Gasteiger partial charge in [-0.25, -0.2) is 0 Å². The molecule has 0 aliphatic carbocycles. The van der Waals surface area contributed by atoms with Crippen molar-refractivity contribution >= 4 is 29.3 Å². The Morgan fingerprint density at radius 3 is 2.72 bits per heavy atom. The number of ether oxygens (including phenoxy) is 1. The van der Waals surface area contributed by atoms with E-state index in [1.807, 2.05) is 59.2 Å². The highest BCUT2D eigenvalue weighted by molar-refractivity contribution is 7.98. The van der Waals surface area contributed by atoms with Gasteiger partial charge >= 0.3 is 0 Å². The zero-order chi connectivity index (χ0) is 22.3. The smallest absolute Gasteiger partial charge is 0.232 e. The van der Waals surface area contributed by atoms with E-state index in [-0.39, 0.29) is 5.95 Å². The molecule has 0 bridgehead atoms. The van der Waals surface area contributed by atoms with Crippen molar-refractivity contribution in [3.63, 3.8) is 0 Å². The quantitative estimate of drug-likeness (QED) is 0.291. The number of nitrogens with zero attached hydrogens (tertiary/aromatic N) is 6. The lowest BCUT2D eigenvalue weighted by Crippen LogP contribution is -2.07. The zero-order valence-electron chi connectivity index (χ0n) is 17.5. The molecule has 0 aliphatic rings. The Bertz CT molecular complexity index is 1210. The van der Waals surface area contributed by atoms with Crippen LogP contribution < -0.4 is 15.8 Å². The van der Waals surface area contributed by atoms with Gasteiger partial charge in [0.15, 0.2) is 11.0 Å². The molecule has 10 heteroatoms. The second kappa shape index (κ2) is 9.92. The highest BCUT2D eigenvalue weighted by Gasteiger charge is 2.15. The highest BCUT2D eigenvalue weighted by Crippen LogP contribution is 2.28. The van der Waals surface area contributed by atoms with E-state index in [0.29, 0.717) is 24.1 Å². The van der Waals surface area contributed by atoms with Gasteiger partial charge in [0.1, 0.15) is 11.6 Å². The first-order valence-corrected chi connectivity index (χ1v) is 10.8. The summed E-state index contributed by atoms with van der Waals surface area (Å²) < 4.78 is 7.32. The lowest BCUT2D eigenvalue weighted by Gasteiger charge is -2.09. The van der Waals surface area contributed by atoms with Gasteiger partial charge in [0.2, 0.25) is 11.9 Å². The van der Waals surface area contributed by atoms with Gasteiger partial charge < -0.3 is 15.8 Å². The molecular formula is C22H22N8OS. The number of allylic oxidation sites excluding steroid dienone is 1. The van der Waals surface area contributed by atoms with Crippen LogP contribution in [0.4, 0.5) is 17.6 Å². The number of nitrogens with one attached hydrogen (secondary N) is 1. The van der Waals surface area contributed by atoms with Crippen molar-refractivity contribution in [1.82, 2.24) is 29.7 Å². The summed E-state index contributed by atoms with van der Waals surface area (Å²) in [5.41, 5.74) is 7.67. The van der Waals surface area contributed by atoms with Crippen LogP contribution in [0.25, 0.3) is 11.4 Å². The van der Waals surface area contributed by atoms with E-state index in [4.69, 9.17) is 10.5 Å². The molecule has 9 nitrogen and oxygen atoms in total. The van der Waals surface area contributed by atoms with E-state index in [1.54, 1.807) is 13.2 Å². The monoisotopic (exact) mass is 446 g/mol. The van der Waals surface area contributed by atoms with E-state index < -0.39 is 0 Å². The molecule has 0 saturated carbocycles. The lowest BCUT2D eigenvalue weighted by atomic mass is 10.2. The minimum absolute atomic E-state index is 0.152. The number of rotatable bonds is 9. The third kappa shape index (κ3) is 5.03. The van der Waals surface area contributed by atoms with Gasteiger partial charge in [-0.2, -0.15) is 15.0 Å². The maximum atomic E-state index is 5.90. The number of anilines is 3. The molecule has 0 spiro atoms. The van der Waals surface area contributed by atoms with E-state index in [1.165, 1.54) is 11.8 Å². The molecule has 0 aliphatic heterocycles. The minimum atomic E-state index is 0.152. The van der Waals surface area contributed by atoms with Crippen LogP contribution in [0.15, 0.2) is 72.4 Å². The summed E-state index contributed by atoms with van der Waals surface area (Å²) >= 11 is 1.46. The first-order valence-electron chi connectivity index (χ1n) is 9.80. The predicted octanol–water partition coefficient (Wildman–Crippen LogP) is 3.94. The van der Waals surface area contributed by atoms with Crippen LogP contribution in [0.1, 0.15) is 5.82 Å². The molecule has 32 heavy (non-hydrogen) atoms. The maximum Gasteiger partial charge on any atom is 0.232 e. The van der Waals surface area contributed by atoms with Gasteiger partial charge in [0, 0.05) is 17.8 Å². The fourth-order valence-electron chi connectivity index (χ4n) is 3.00. The highest BCUT2D eigenvalue weighted by atomic mass is 32.2. The van der Waals surface area contributed by atoms with Gasteiger partial charge in [-0.3, -0.25) is 4.57 Å². The average molecular weight is 447 g/mol. The summed E-state index contributed by atoms with van der Waals surface area (Å²) in [7, 11) is 1.64. The summed E-state index contributed by atoms with van der Waals surface area (Å²) in [5, 5.41) is 12.6. The normalized spacial score (nSPS) is 10.7. The molecule has 3 N–H and O–H groups in total. The van der Waals surface area contributed by atoms with E-state index in [0.717, 1.165) is 28.0 Å². The van der Waals surface area contributed by atoms with Crippen molar-refractivity contribution in [3.05, 3.63) is 73.1 Å². The summed E-state index contributed by atoms with van der Waals surface area (Å²) in [6.45, 7) is 4.42. The van der Waals surface area contributed by atoms with E-state index in [9.17, 15) is 0 Å². The zero-order valence-corrected chi connectivity index (χ0v) is 18.3. The van der Waals surface area contributed by atoms with Gasteiger partial charge in [-0.15, -0.1) is 16.8 Å². The molecule has 162 valence electrons. The van der Waals surface area contributed by atoms with Crippen LogP contribution in [0.3, 0.4) is 0 Å². The Balaban J connectivity index is 1.55. The molecule has 2 heterocycles. The van der Waals surface area contributed by atoms with Crippen molar-refractivity contribution < 1.29 is 4.74 Å². The number of thioether (sulfide) groups is 1. The molecule has 4 aromatic rings. The number of methoxy groups -OCH3 is 1. The van der Waals surface area contributed by atoms with Crippen molar-refractivity contribution in [1.29, 1.82) is 0 Å². The first-order chi connectivity index (χ1) is 15.7. The Morgan fingerprint density at radius 1 is 1.09 bits per heavy atom. The SMILES string of the molecule is C=CCn1c(SCc2nc(N)nc(Nc3ccccc3)n2)nnc1-c1cccc(OC)c1. The molecule has 0 radical (unpaired) electrons. The van der Waals surface area contributed by atoms with E-state index in [2.05, 4.69) is 37.0 Å². The van der Waals surface area contributed by atoms with Crippen LogP contribution in [0.5, 0.6) is 5.75 Å². The third-order valence-corrected chi connectivity index (χ3v) is 5.38. The molecule has 0 atom stereocenters. The van der Waals surface area contributed by atoms with Crippen molar-refractivity contribution in [3.8, 4) is 17.1 Å².